The number of carbonyl (C=O) groups is 2. The molecule has 2 amide bonds. The van der Waals surface area contributed by atoms with Crippen LogP contribution in [-0.4, -0.2) is 67.2 Å². The normalized spacial score (nSPS) is 19.8. The van der Waals surface area contributed by atoms with Crippen LogP contribution in [-0.2, 0) is 20.4 Å². The number of hydrogen-bond acceptors (Lipinski definition) is 5. The smallest absolute Gasteiger partial charge is 0.256 e. The number of fused-ring (bicyclic) bond motifs is 1. The highest BCUT2D eigenvalue weighted by Crippen LogP contribution is 2.37. The Morgan fingerprint density at radius 1 is 1.05 bits per heavy atom. The molecule has 0 unspecified atom stereocenters. The number of rotatable bonds is 7. The maximum absolute atomic E-state index is 13.8. The zero-order valence-corrected chi connectivity index (χ0v) is 26.5. The third-order valence-corrected chi connectivity index (χ3v) is 11.2. The van der Waals surface area contributed by atoms with Gasteiger partial charge in [-0.25, -0.2) is 8.42 Å². The number of H-pyrrole nitrogens is 1. The highest BCUT2D eigenvalue weighted by atomic mass is 35.5. The van der Waals surface area contributed by atoms with Crippen molar-refractivity contribution in [1.82, 2.24) is 14.8 Å². The third kappa shape index (κ3) is 5.76. The molecule has 43 heavy (non-hydrogen) atoms. The zero-order valence-electron chi connectivity index (χ0n) is 24.2. The van der Waals surface area contributed by atoms with Crippen LogP contribution in [0.25, 0.3) is 11.6 Å². The van der Waals surface area contributed by atoms with E-state index in [1.807, 2.05) is 18.7 Å². The summed E-state index contributed by atoms with van der Waals surface area (Å²) in [5, 5.41) is 3.35. The molecular formula is C32H34Cl2N4O4S. The molecule has 11 heteroatoms. The van der Waals surface area contributed by atoms with Crippen molar-refractivity contribution < 1.29 is 18.0 Å². The van der Waals surface area contributed by atoms with E-state index >= 15 is 0 Å². The van der Waals surface area contributed by atoms with E-state index in [2.05, 4.69) is 15.2 Å². The maximum Gasteiger partial charge on any atom is 0.256 e. The van der Waals surface area contributed by atoms with Crippen LogP contribution in [0, 0.1) is 13.8 Å². The van der Waals surface area contributed by atoms with Crippen molar-refractivity contribution in [1.29, 1.82) is 0 Å². The number of aromatic amines is 1. The van der Waals surface area contributed by atoms with Crippen molar-refractivity contribution in [3.8, 4) is 0 Å². The Hall–Kier alpha value is -3.11. The Kier molecular flexibility index (Phi) is 8.19. The van der Waals surface area contributed by atoms with E-state index in [9.17, 15) is 18.0 Å². The number of hydrogen-bond donors (Lipinski definition) is 2. The maximum atomic E-state index is 13.8. The first-order chi connectivity index (χ1) is 20.5. The number of anilines is 1. The monoisotopic (exact) mass is 640 g/mol. The predicted octanol–water partition coefficient (Wildman–Crippen LogP) is 6.11. The summed E-state index contributed by atoms with van der Waals surface area (Å²) in [6.45, 7) is 7.67. The fourth-order valence-electron chi connectivity index (χ4n) is 6.54. The average Bonchev–Trinajstić information content (AvgIpc) is 3.75. The molecule has 6 rings (SSSR count). The van der Waals surface area contributed by atoms with E-state index in [0.29, 0.717) is 33.6 Å². The van der Waals surface area contributed by atoms with E-state index < -0.39 is 9.84 Å². The third-order valence-electron chi connectivity index (χ3n) is 8.81. The van der Waals surface area contributed by atoms with Crippen LogP contribution >= 0.6 is 23.2 Å². The van der Waals surface area contributed by atoms with Gasteiger partial charge in [0.05, 0.1) is 27.5 Å². The van der Waals surface area contributed by atoms with Gasteiger partial charge < -0.3 is 20.1 Å². The molecule has 0 saturated carbocycles. The summed E-state index contributed by atoms with van der Waals surface area (Å²) in [5.74, 6) is -0.681. The average molecular weight is 642 g/mol. The molecule has 0 spiro atoms. The van der Waals surface area contributed by atoms with Gasteiger partial charge in [0.25, 0.3) is 11.8 Å². The summed E-state index contributed by atoms with van der Waals surface area (Å²) in [5.41, 5.74) is 4.60. The van der Waals surface area contributed by atoms with Gasteiger partial charge in [-0.3, -0.25) is 9.59 Å². The van der Waals surface area contributed by atoms with Crippen molar-refractivity contribution >= 4 is 62.2 Å². The van der Waals surface area contributed by atoms with Gasteiger partial charge in [-0.05, 0) is 88.5 Å². The number of benzene rings is 2. The van der Waals surface area contributed by atoms with Gasteiger partial charge in [-0.2, -0.15) is 0 Å². The summed E-state index contributed by atoms with van der Waals surface area (Å²) < 4.78 is 26.5. The zero-order chi connectivity index (χ0) is 30.5. The molecule has 2 fully saturated rings. The van der Waals surface area contributed by atoms with E-state index in [1.165, 1.54) is 25.0 Å². The van der Waals surface area contributed by atoms with E-state index in [4.69, 9.17) is 23.2 Å². The van der Waals surface area contributed by atoms with Crippen molar-refractivity contribution in [3.05, 3.63) is 80.1 Å². The Balaban J connectivity index is 1.26. The lowest BCUT2D eigenvalue weighted by molar-refractivity contribution is -0.110. The van der Waals surface area contributed by atoms with Crippen LogP contribution in [0.15, 0.2) is 41.3 Å². The molecule has 0 aliphatic carbocycles. The van der Waals surface area contributed by atoms with Crippen molar-refractivity contribution in [2.24, 2.45) is 0 Å². The van der Waals surface area contributed by atoms with Gasteiger partial charge in [0.15, 0.2) is 9.84 Å². The molecule has 226 valence electrons. The van der Waals surface area contributed by atoms with Gasteiger partial charge in [0.2, 0.25) is 0 Å². The molecule has 0 radical (unpaired) electrons. The van der Waals surface area contributed by atoms with Gasteiger partial charge in [0, 0.05) is 51.7 Å². The van der Waals surface area contributed by atoms with Crippen LogP contribution in [0.2, 0.25) is 10.0 Å². The van der Waals surface area contributed by atoms with Crippen LogP contribution in [0.4, 0.5) is 5.69 Å². The second kappa shape index (κ2) is 11.8. The van der Waals surface area contributed by atoms with Crippen LogP contribution in [0.5, 0.6) is 0 Å². The second-order valence-corrected chi connectivity index (χ2v) is 14.4. The molecular weight excluding hydrogens is 607 g/mol. The fourth-order valence-corrected chi connectivity index (χ4v) is 8.66. The van der Waals surface area contributed by atoms with Gasteiger partial charge in [0.1, 0.15) is 0 Å². The first-order valence-corrected chi connectivity index (χ1v) is 17.0. The van der Waals surface area contributed by atoms with E-state index in [-0.39, 0.29) is 38.5 Å². The van der Waals surface area contributed by atoms with Crippen molar-refractivity contribution in [2.45, 2.75) is 56.2 Å². The molecule has 3 aliphatic rings. The Morgan fingerprint density at radius 3 is 2.49 bits per heavy atom. The summed E-state index contributed by atoms with van der Waals surface area (Å²) in [6.07, 6.45) is 6.20. The molecule has 0 bridgehead atoms. The first kappa shape index (κ1) is 29.9. The van der Waals surface area contributed by atoms with Crippen LogP contribution in [0.1, 0.15) is 64.1 Å². The number of nitrogens with zero attached hydrogens (tertiary/aromatic N) is 2. The minimum Gasteiger partial charge on any atom is -0.358 e. The standard InChI is InChI=1S/C32H34Cl2N4O4S/c1-19-28(35-20(2)30(19)32(40)38-14-6-7-21(38)17-37-12-3-4-13-37)16-24-23-11-10-22(15-29(23)36-31(24)39)43(41,42)18-25-26(33)8-5-9-27(25)34/h5,8-11,15-16,21,35H,3-4,6-7,12-14,17-18H2,1-2H3,(H,36,39)/b24-16-/t21-/m1/s1. The lowest BCUT2D eigenvalue weighted by Gasteiger charge is -2.28. The number of amides is 2. The van der Waals surface area contributed by atoms with Gasteiger partial charge in [-0.15, -0.1) is 0 Å². The minimum atomic E-state index is -3.80. The Labute approximate surface area is 262 Å². The van der Waals surface area contributed by atoms with E-state index in [1.54, 1.807) is 30.3 Å². The quantitative estimate of drug-likeness (QED) is 0.304. The summed E-state index contributed by atoms with van der Waals surface area (Å²) in [7, 11) is -3.80. The number of aryl methyl sites for hydroxylation is 1. The van der Waals surface area contributed by atoms with Crippen molar-refractivity contribution in [3.63, 3.8) is 0 Å². The molecule has 3 aliphatic heterocycles. The Bertz CT molecular complexity index is 1740. The highest BCUT2D eigenvalue weighted by Gasteiger charge is 2.34. The molecule has 1 aromatic heterocycles. The highest BCUT2D eigenvalue weighted by molar-refractivity contribution is 7.90. The van der Waals surface area contributed by atoms with Gasteiger partial charge in [-0.1, -0.05) is 35.3 Å². The topological polar surface area (TPSA) is 103 Å². The van der Waals surface area contributed by atoms with Crippen molar-refractivity contribution in [2.75, 3.05) is 31.5 Å². The summed E-state index contributed by atoms with van der Waals surface area (Å²) >= 11 is 12.4. The Morgan fingerprint density at radius 2 is 1.77 bits per heavy atom. The SMILES string of the molecule is Cc1[nH]c(/C=C2\C(=O)Nc3cc(S(=O)(=O)Cc4c(Cl)cccc4Cl)ccc32)c(C)c1C(=O)N1CCC[C@@H]1CN1CCCC1. The molecule has 2 saturated heterocycles. The van der Waals surface area contributed by atoms with Crippen LogP contribution < -0.4 is 5.32 Å². The minimum absolute atomic E-state index is 0.0299. The molecule has 4 heterocycles. The molecule has 2 N–H and O–H groups in total. The number of aromatic nitrogens is 1. The first-order valence-electron chi connectivity index (χ1n) is 14.6. The number of nitrogens with one attached hydrogen (secondary N) is 2. The molecule has 3 aromatic rings. The summed E-state index contributed by atoms with van der Waals surface area (Å²) in [4.78, 5) is 34.7. The largest absolute Gasteiger partial charge is 0.358 e. The molecule has 2 aromatic carbocycles. The molecule has 1 atom stereocenters. The summed E-state index contributed by atoms with van der Waals surface area (Å²) in [6, 6.07) is 9.65. The predicted molar refractivity (Wildman–Crippen MR) is 170 cm³/mol. The second-order valence-electron chi connectivity index (χ2n) is 11.6. The lowest BCUT2D eigenvalue weighted by atomic mass is 10.0. The number of likely N-dealkylation sites (tertiary alicyclic amines) is 2. The lowest BCUT2D eigenvalue weighted by Crippen LogP contribution is -2.42. The van der Waals surface area contributed by atoms with E-state index in [0.717, 1.165) is 50.3 Å². The fraction of sp³-hybridized carbons (Fsp3) is 0.375. The molecule has 8 nitrogen and oxygen atoms in total. The number of sulfone groups is 1. The van der Waals surface area contributed by atoms with Crippen LogP contribution in [0.3, 0.4) is 0 Å². The number of carbonyl (C=O) groups excluding carboxylic acids is 2. The number of halogens is 2. The van der Waals surface area contributed by atoms with Gasteiger partial charge >= 0.3 is 0 Å².